The van der Waals surface area contributed by atoms with Crippen molar-refractivity contribution in [1.82, 2.24) is 9.47 Å². The topological polar surface area (TPSA) is 43.7 Å². The number of aromatic nitrogens is 1. The summed E-state index contributed by atoms with van der Waals surface area (Å²) in [6, 6.07) is 16.9. The number of allylic oxidation sites excluding steroid dienone is 2. The van der Waals surface area contributed by atoms with E-state index in [0.29, 0.717) is 12.3 Å². The number of amides is 1. The average molecular weight is 527 g/mol. The summed E-state index contributed by atoms with van der Waals surface area (Å²) < 4.78 is 15.8. The number of hydrogen-bond acceptors (Lipinski definition) is 3. The Morgan fingerprint density at radius 1 is 1.13 bits per heavy atom. The van der Waals surface area contributed by atoms with E-state index in [1.807, 2.05) is 0 Å². The third-order valence-electron chi connectivity index (χ3n) is 9.39. The molecule has 2 saturated heterocycles. The summed E-state index contributed by atoms with van der Waals surface area (Å²) in [7, 11) is 2.08. The van der Waals surface area contributed by atoms with Gasteiger partial charge in [-0.1, -0.05) is 48.0 Å². The standard InChI is InChI=1S/C34H42N2O3/c1-23(2)10-9-18-34(3)28-20-25-22-36(19-17-30(25)38-33(28)27-12-6-8-14-31(27)39-34)32(37)16-15-24-21-35(4)29-13-7-5-11-26(24)29/h5-8,10-14,21,25,28,30,33H,9,15-20,22H2,1-4H3/t25-,28-,30-,33+,34+/m0/s1. The number of ether oxygens (including phenoxy) is 2. The van der Waals surface area contributed by atoms with Crippen molar-refractivity contribution in [3.63, 3.8) is 0 Å². The molecule has 0 spiro atoms. The van der Waals surface area contributed by atoms with Crippen LogP contribution in [0.3, 0.4) is 0 Å². The molecule has 5 atom stereocenters. The highest BCUT2D eigenvalue weighted by Crippen LogP contribution is 2.54. The molecule has 0 unspecified atom stereocenters. The first-order valence-electron chi connectivity index (χ1n) is 14.7. The van der Waals surface area contributed by atoms with Crippen molar-refractivity contribution in [3.8, 4) is 5.75 Å². The van der Waals surface area contributed by atoms with E-state index in [4.69, 9.17) is 9.47 Å². The summed E-state index contributed by atoms with van der Waals surface area (Å²) >= 11 is 0. The van der Waals surface area contributed by atoms with Crippen LogP contribution in [-0.2, 0) is 23.0 Å². The fraction of sp³-hybridized carbons (Fsp3) is 0.500. The highest BCUT2D eigenvalue weighted by molar-refractivity contribution is 5.85. The lowest BCUT2D eigenvalue weighted by Gasteiger charge is -2.54. The van der Waals surface area contributed by atoms with Gasteiger partial charge in [0.2, 0.25) is 5.91 Å². The van der Waals surface area contributed by atoms with Crippen LogP contribution >= 0.6 is 0 Å². The second kappa shape index (κ2) is 10.5. The predicted molar refractivity (Wildman–Crippen MR) is 156 cm³/mol. The lowest BCUT2D eigenvalue weighted by molar-refractivity contribution is -0.193. The van der Waals surface area contributed by atoms with Crippen LogP contribution in [0.2, 0.25) is 0 Å². The van der Waals surface area contributed by atoms with Crippen molar-refractivity contribution in [1.29, 1.82) is 0 Å². The summed E-state index contributed by atoms with van der Waals surface area (Å²) in [5.74, 6) is 1.85. The SMILES string of the molecule is CC(C)=CCC[C@@]1(C)Oc2ccccc2[C@H]2O[C@H]3CCN(C(=O)CCc4cn(C)c5ccccc45)C[C@@H]3C[C@@H]21. The van der Waals surface area contributed by atoms with Gasteiger partial charge in [0.15, 0.2) is 0 Å². The maximum Gasteiger partial charge on any atom is 0.222 e. The normalized spacial score (nSPS) is 27.7. The van der Waals surface area contributed by atoms with Crippen LogP contribution in [0.5, 0.6) is 5.75 Å². The van der Waals surface area contributed by atoms with Crippen LogP contribution in [0.4, 0.5) is 0 Å². The van der Waals surface area contributed by atoms with E-state index in [1.165, 1.54) is 27.6 Å². The number of rotatable bonds is 6. The maximum atomic E-state index is 13.4. The van der Waals surface area contributed by atoms with Gasteiger partial charge in [0, 0.05) is 61.1 Å². The molecule has 0 radical (unpaired) electrons. The minimum Gasteiger partial charge on any atom is -0.487 e. The lowest BCUT2D eigenvalue weighted by atomic mass is 9.68. The number of likely N-dealkylation sites (tertiary alicyclic amines) is 1. The van der Waals surface area contributed by atoms with Crippen molar-refractivity contribution in [2.75, 3.05) is 13.1 Å². The molecule has 3 aliphatic heterocycles. The number of benzene rings is 2. The van der Waals surface area contributed by atoms with Crippen molar-refractivity contribution >= 4 is 16.8 Å². The van der Waals surface area contributed by atoms with Gasteiger partial charge in [-0.3, -0.25) is 4.79 Å². The summed E-state index contributed by atoms with van der Waals surface area (Å²) in [4.78, 5) is 15.5. The molecule has 5 heteroatoms. The molecule has 4 heterocycles. The van der Waals surface area contributed by atoms with Gasteiger partial charge in [-0.25, -0.2) is 0 Å². The van der Waals surface area contributed by atoms with E-state index in [9.17, 15) is 4.79 Å². The fourth-order valence-corrected chi connectivity index (χ4v) is 7.28. The number of hydrogen-bond donors (Lipinski definition) is 0. The molecule has 2 fully saturated rings. The minimum absolute atomic E-state index is 0.0570. The van der Waals surface area contributed by atoms with Crippen molar-refractivity contribution in [2.45, 2.75) is 77.1 Å². The molecule has 3 aliphatic rings. The Morgan fingerprint density at radius 3 is 2.77 bits per heavy atom. The van der Waals surface area contributed by atoms with Crippen molar-refractivity contribution in [3.05, 3.63) is 77.5 Å². The molecule has 0 aliphatic carbocycles. The van der Waals surface area contributed by atoms with Crippen LogP contribution in [0.1, 0.15) is 70.1 Å². The predicted octanol–water partition coefficient (Wildman–Crippen LogP) is 7.00. The van der Waals surface area contributed by atoms with Gasteiger partial charge in [-0.15, -0.1) is 0 Å². The quantitative estimate of drug-likeness (QED) is 0.325. The number of carbonyl (C=O) groups excluding carboxylic acids is 1. The van der Waals surface area contributed by atoms with E-state index >= 15 is 0 Å². The van der Waals surface area contributed by atoms with E-state index in [-0.39, 0.29) is 29.6 Å². The molecule has 5 nitrogen and oxygen atoms in total. The molecule has 2 aromatic carbocycles. The largest absolute Gasteiger partial charge is 0.487 e. The smallest absolute Gasteiger partial charge is 0.222 e. The average Bonchev–Trinajstić information content (AvgIpc) is 3.26. The zero-order valence-electron chi connectivity index (χ0n) is 23.9. The molecule has 3 aromatic rings. The maximum absolute atomic E-state index is 13.4. The van der Waals surface area contributed by atoms with Crippen LogP contribution in [0, 0.1) is 11.8 Å². The monoisotopic (exact) mass is 526 g/mol. The molecule has 1 aromatic heterocycles. The highest BCUT2D eigenvalue weighted by atomic mass is 16.5. The Balaban J connectivity index is 1.16. The van der Waals surface area contributed by atoms with Gasteiger partial charge >= 0.3 is 0 Å². The van der Waals surface area contributed by atoms with Gasteiger partial charge < -0.3 is 18.9 Å². The third-order valence-corrected chi connectivity index (χ3v) is 9.39. The van der Waals surface area contributed by atoms with Gasteiger partial charge in [0.1, 0.15) is 11.4 Å². The summed E-state index contributed by atoms with van der Waals surface area (Å²) in [6.07, 6.45) is 9.97. The van der Waals surface area contributed by atoms with Crippen molar-refractivity contribution < 1.29 is 14.3 Å². The van der Waals surface area contributed by atoms with Crippen LogP contribution in [0.25, 0.3) is 10.9 Å². The molecule has 39 heavy (non-hydrogen) atoms. The van der Waals surface area contributed by atoms with Gasteiger partial charge in [-0.05, 0) is 70.6 Å². The Kier molecular flexibility index (Phi) is 7.05. The summed E-state index contributed by atoms with van der Waals surface area (Å²) in [5, 5.41) is 1.25. The lowest BCUT2D eigenvalue weighted by Crippen LogP contribution is -2.56. The highest BCUT2D eigenvalue weighted by Gasteiger charge is 2.53. The number of carbonyl (C=O) groups is 1. The van der Waals surface area contributed by atoms with Gasteiger partial charge in [0.25, 0.3) is 0 Å². The number of aryl methyl sites for hydroxylation is 2. The third kappa shape index (κ3) is 5.02. The van der Waals surface area contributed by atoms with Gasteiger partial charge in [0.05, 0.1) is 12.2 Å². The molecule has 1 amide bonds. The zero-order valence-corrected chi connectivity index (χ0v) is 23.9. The number of piperidine rings is 1. The van der Waals surface area contributed by atoms with Crippen LogP contribution in [-0.4, -0.2) is 40.2 Å². The Bertz CT molecular complexity index is 1390. The van der Waals surface area contributed by atoms with E-state index < -0.39 is 0 Å². The Labute approximate surface area is 232 Å². The molecule has 0 saturated carbocycles. The van der Waals surface area contributed by atoms with E-state index in [0.717, 1.165) is 50.9 Å². The Morgan fingerprint density at radius 2 is 1.92 bits per heavy atom. The second-order valence-electron chi connectivity index (χ2n) is 12.4. The fourth-order valence-electron chi connectivity index (χ4n) is 7.28. The number of para-hydroxylation sites is 2. The second-order valence-corrected chi connectivity index (χ2v) is 12.4. The summed E-state index contributed by atoms with van der Waals surface area (Å²) in [6.45, 7) is 8.16. The van der Waals surface area contributed by atoms with Crippen molar-refractivity contribution in [2.24, 2.45) is 18.9 Å². The summed E-state index contributed by atoms with van der Waals surface area (Å²) in [5.41, 5.74) is 4.71. The van der Waals surface area contributed by atoms with Crippen LogP contribution < -0.4 is 4.74 Å². The van der Waals surface area contributed by atoms with Crippen LogP contribution in [0.15, 0.2) is 66.4 Å². The zero-order chi connectivity index (χ0) is 27.1. The molecular formula is C34H42N2O3. The minimum atomic E-state index is -0.295. The van der Waals surface area contributed by atoms with E-state index in [2.05, 4.69) is 98.1 Å². The number of fused-ring (bicyclic) bond motifs is 5. The van der Waals surface area contributed by atoms with Gasteiger partial charge in [-0.2, -0.15) is 0 Å². The van der Waals surface area contributed by atoms with E-state index in [1.54, 1.807) is 0 Å². The molecular weight excluding hydrogens is 484 g/mol. The molecule has 6 rings (SSSR count). The molecule has 0 bridgehead atoms. The first-order valence-corrected chi connectivity index (χ1v) is 14.7. The Hall–Kier alpha value is -3.05. The first-order chi connectivity index (χ1) is 18.8. The number of nitrogens with zero attached hydrogens (tertiary/aromatic N) is 2. The molecule has 0 N–H and O–H groups in total. The molecule has 206 valence electrons. The first kappa shape index (κ1) is 26.2.